The van der Waals surface area contributed by atoms with Gasteiger partial charge in [0.1, 0.15) is 0 Å². The number of anilines is 3. The number of nitrogens with zero attached hydrogens (tertiary/aromatic N) is 4. The lowest BCUT2D eigenvalue weighted by atomic mass is 10.1. The molecular formula is C24H22F6N6O3. The number of alkyl halides is 6. The van der Waals surface area contributed by atoms with E-state index in [9.17, 15) is 31.1 Å². The Morgan fingerprint density at radius 2 is 1.64 bits per heavy atom. The molecule has 1 aliphatic rings. The molecule has 2 aromatic carbocycles. The van der Waals surface area contributed by atoms with Gasteiger partial charge < -0.3 is 25.0 Å². The fourth-order valence-electron chi connectivity index (χ4n) is 3.50. The van der Waals surface area contributed by atoms with Crippen LogP contribution in [0.4, 0.5) is 43.9 Å². The van der Waals surface area contributed by atoms with Crippen LogP contribution < -0.4 is 15.4 Å². The Labute approximate surface area is 218 Å². The van der Waals surface area contributed by atoms with Crippen LogP contribution in [0.25, 0.3) is 0 Å². The van der Waals surface area contributed by atoms with Gasteiger partial charge in [-0.25, -0.2) is 0 Å². The summed E-state index contributed by atoms with van der Waals surface area (Å²) in [7, 11) is 0. The van der Waals surface area contributed by atoms with Crippen LogP contribution in [0.3, 0.4) is 0 Å². The van der Waals surface area contributed by atoms with E-state index in [4.69, 9.17) is 4.74 Å². The molecule has 2 heterocycles. The van der Waals surface area contributed by atoms with Crippen molar-refractivity contribution in [1.29, 1.82) is 0 Å². The Balaban J connectivity index is 1.48. The van der Waals surface area contributed by atoms with Gasteiger partial charge in [0.2, 0.25) is 11.9 Å². The summed E-state index contributed by atoms with van der Waals surface area (Å²) < 4.78 is 87.0. The number of ether oxygens (including phenoxy) is 2. The number of amides is 1. The molecule has 0 saturated carbocycles. The van der Waals surface area contributed by atoms with Crippen molar-refractivity contribution in [2.75, 3.05) is 43.5 Å². The highest BCUT2D eigenvalue weighted by atomic mass is 19.4. The molecule has 1 aromatic heterocycles. The first-order valence-corrected chi connectivity index (χ1v) is 11.6. The van der Waals surface area contributed by atoms with E-state index in [2.05, 4.69) is 30.3 Å². The van der Waals surface area contributed by atoms with E-state index in [-0.39, 0.29) is 30.0 Å². The molecule has 1 amide bonds. The highest BCUT2D eigenvalue weighted by Gasteiger charge is 2.31. The van der Waals surface area contributed by atoms with E-state index < -0.39 is 30.5 Å². The third kappa shape index (κ3) is 8.17. The summed E-state index contributed by atoms with van der Waals surface area (Å²) in [5.74, 6) is -0.660. The van der Waals surface area contributed by atoms with Crippen molar-refractivity contribution in [3.8, 4) is 6.01 Å². The standard InChI is InChI=1S/C24H22F6N6O3/c25-23(26,27)14-39-22-34-20(33-21(35-22)32-18-3-1-2-17(12-18)24(28,29)30)31-13-15-4-6-16(7-5-15)19(37)36-8-10-38-11-9-36/h1-7,12H,8-11,13-14H2,(H2,31,32,33,34,35). The number of carbonyl (C=O) groups is 1. The Morgan fingerprint density at radius 3 is 2.31 bits per heavy atom. The number of rotatable bonds is 8. The molecule has 0 unspecified atom stereocenters. The van der Waals surface area contributed by atoms with Gasteiger partial charge in [0.05, 0.1) is 18.8 Å². The van der Waals surface area contributed by atoms with Crippen molar-refractivity contribution >= 4 is 23.5 Å². The molecule has 1 saturated heterocycles. The summed E-state index contributed by atoms with van der Waals surface area (Å²) in [4.78, 5) is 25.8. The van der Waals surface area contributed by atoms with E-state index in [1.54, 1.807) is 29.2 Å². The van der Waals surface area contributed by atoms with Gasteiger partial charge in [-0.05, 0) is 35.9 Å². The smallest absolute Gasteiger partial charge is 0.422 e. The molecule has 0 spiro atoms. The Morgan fingerprint density at radius 1 is 0.949 bits per heavy atom. The predicted octanol–water partition coefficient (Wildman–Crippen LogP) is 4.66. The lowest BCUT2D eigenvalue weighted by Crippen LogP contribution is -2.40. The molecular weight excluding hydrogens is 534 g/mol. The summed E-state index contributed by atoms with van der Waals surface area (Å²) in [6.45, 7) is 0.363. The van der Waals surface area contributed by atoms with Crippen LogP contribution in [-0.2, 0) is 17.5 Å². The third-order valence-electron chi connectivity index (χ3n) is 5.38. The average Bonchev–Trinajstić information content (AvgIpc) is 2.90. The zero-order valence-corrected chi connectivity index (χ0v) is 20.1. The Hall–Kier alpha value is -4.14. The minimum Gasteiger partial charge on any atom is -0.454 e. The summed E-state index contributed by atoms with van der Waals surface area (Å²) in [6, 6.07) is 10.1. The van der Waals surface area contributed by atoms with Gasteiger partial charge in [-0.2, -0.15) is 41.3 Å². The molecule has 4 rings (SSSR count). The van der Waals surface area contributed by atoms with Crippen LogP contribution in [0.5, 0.6) is 6.01 Å². The van der Waals surface area contributed by atoms with E-state index >= 15 is 0 Å². The number of aromatic nitrogens is 3. The van der Waals surface area contributed by atoms with Crippen molar-refractivity contribution in [2.24, 2.45) is 0 Å². The van der Waals surface area contributed by atoms with Crippen molar-refractivity contribution in [2.45, 2.75) is 18.9 Å². The second-order valence-corrected chi connectivity index (χ2v) is 8.33. The van der Waals surface area contributed by atoms with Crippen molar-refractivity contribution < 1.29 is 40.6 Å². The highest BCUT2D eigenvalue weighted by Crippen LogP contribution is 2.31. The third-order valence-corrected chi connectivity index (χ3v) is 5.38. The summed E-state index contributed by atoms with van der Waals surface area (Å²) >= 11 is 0. The molecule has 0 radical (unpaired) electrons. The fourth-order valence-corrected chi connectivity index (χ4v) is 3.50. The molecule has 1 aliphatic heterocycles. The topological polar surface area (TPSA) is 102 Å². The largest absolute Gasteiger partial charge is 0.454 e. The summed E-state index contributed by atoms with van der Waals surface area (Å²) in [6.07, 6.45) is -9.28. The first-order valence-electron chi connectivity index (χ1n) is 11.6. The molecule has 0 atom stereocenters. The molecule has 3 aromatic rings. The van der Waals surface area contributed by atoms with Gasteiger partial charge in [-0.1, -0.05) is 18.2 Å². The monoisotopic (exact) mass is 556 g/mol. The van der Waals surface area contributed by atoms with Gasteiger partial charge in [0.15, 0.2) is 6.61 Å². The molecule has 2 N–H and O–H groups in total. The number of hydrogen-bond acceptors (Lipinski definition) is 8. The minimum absolute atomic E-state index is 0.0516. The van der Waals surface area contributed by atoms with Gasteiger partial charge >= 0.3 is 18.4 Å². The number of benzene rings is 2. The second-order valence-electron chi connectivity index (χ2n) is 8.33. The molecule has 39 heavy (non-hydrogen) atoms. The highest BCUT2D eigenvalue weighted by molar-refractivity contribution is 5.94. The quantitative estimate of drug-likeness (QED) is 0.387. The van der Waals surface area contributed by atoms with Gasteiger partial charge in [0, 0.05) is 30.9 Å². The minimum atomic E-state index is -4.67. The Bertz CT molecular complexity index is 1280. The van der Waals surface area contributed by atoms with E-state index in [0.29, 0.717) is 37.4 Å². The molecule has 0 bridgehead atoms. The lowest BCUT2D eigenvalue weighted by molar-refractivity contribution is -0.154. The zero-order chi connectivity index (χ0) is 28.0. The van der Waals surface area contributed by atoms with Crippen LogP contribution in [0, 0.1) is 0 Å². The maximum Gasteiger partial charge on any atom is 0.422 e. The van der Waals surface area contributed by atoms with E-state index in [1.807, 2.05) is 0 Å². The average molecular weight is 556 g/mol. The molecule has 208 valence electrons. The van der Waals surface area contributed by atoms with Crippen LogP contribution in [0.2, 0.25) is 0 Å². The van der Waals surface area contributed by atoms with E-state index in [1.165, 1.54) is 6.07 Å². The van der Waals surface area contributed by atoms with Crippen molar-refractivity contribution in [1.82, 2.24) is 19.9 Å². The van der Waals surface area contributed by atoms with Crippen LogP contribution in [0.1, 0.15) is 21.5 Å². The lowest BCUT2D eigenvalue weighted by Gasteiger charge is -2.26. The Kier molecular flexibility index (Phi) is 8.38. The van der Waals surface area contributed by atoms with Crippen LogP contribution in [0.15, 0.2) is 48.5 Å². The second kappa shape index (κ2) is 11.7. The molecule has 9 nitrogen and oxygen atoms in total. The van der Waals surface area contributed by atoms with Crippen LogP contribution in [-0.4, -0.2) is 64.8 Å². The van der Waals surface area contributed by atoms with Crippen molar-refractivity contribution in [3.63, 3.8) is 0 Å². The summed E-state index contributed by atoms with van der Waals surface area (Å²) in [5.41, 5.74) is 0.184. The molecule has 1 fully saturated rings. The number of nitrogens with one attached hydrogen (secondary N) is 2. The fraction of sp³-hybridized carbons (Fsp3) is 0.333. The van der Waals surface area contributed by atoms with Gasteiger partial charge in [0.25, 0.3) is 5.91 Å². The number of hydrogen-bond donors (Lipinski definition) is 2. The van der Waals surface area contributed by atoms with E-state index in [0.717, 1.165) is 18.2 Å². The zero-order valence-electron chi connectivity index (χ0n) is 20.1. The molecule has 15 heteroatoms. The van der Waals surface area contributed by atoms with Gasteiger partial charge in [-0.3, -0.25) is 4.79 Å². The van der Waals surface area contributed by atoms with Crippen LogP contribution >= 0.6 is 0 Å². The maximum absolute atomic E-state index is 13.0. The summed E-state index contributed by atoms with van der Waals surface area (Å²) in [5, 5.41) is 5.35. The first-order chi connectivity index (χ1) is 18.5. The van der Waals surface area contributed by atoms with Gasteiger partial charge in [-0.15, -0.1) is 0 Å². The molecule has 0 aliphatic carbocycles. The number of morpholine rings is 1. The SMILES string of the molecule is O=C(c1ccc(CNc2nc(Nc3cccc(C(F)(F)F)c3)nc(OCC(F)(F)F)n2)cc1)N1CCOCC1. The number of carbonyl (C=O) groups excluding carboxylic acids is 1. The van der Waals surface area contributed by atoms with Crippen molar-refractivity contribution in [3.05, 3.63) is 65.2 Å². The normalized spacial score (nSPS) is 14.2. The maximum atomic E-state index is 13.0. The first kappa shape index (κ1) is 27.9. The number of halogens is 6. The predicted molar refractivity (Wildman–Crippen MR) is 127 cm³/mol.